The van der Waals surface area contributed by atoms with E-state index in [1.807, 2.05) is 42.5 Å². The fraction of sp³-hybridized carbons (Fsp3) is 0.278. The molecule has 0 bridgehead atoms. The van der Waals surface area contributed by atoms with Crippen LogP contribution >= 0.6 is 0 Å². The SMILES string of the molecule is CCN1CCc2ccccc2C1.Cc1ccccc1.NC=O.O=CNCCCCc1ccc(Oc2ccc(F)cc2)cc1. The Hall–Kier alpha value is -4.49. The molecule has 0 aliphatic carbocycles. The summed E-state index contributed by atoms with van der Waals surface area (Å²) in [6.45, 7) is 8.58. The normalized spacial score (nSPS) is 11.5. The third-order valence-corrected chi connectivity index (χ3v) is 6.69. The molecule has 0 radical (unpaired) electrons. The van der Waals surface area contributed by atoms with Gasteiger partial charge in [0.05, 0.1) is 0 Å². The molecular formula is C36H44FN3O3. The van der Waals surface area contributed by atoms with Crippen molar-refractivity contribution < 1.29 is 18.7 Å². The molecule has 0 unspecified atom stereocenters. The third-order valence-electron chi connectivity index (χ3n) is 6.69. The second-order valence-electron chi connectivity index (χ2n) is 9.91. The Balaban J connectivity index is 0.000000244. The van der Waals surface area contributed by atoms with Gasteiger partial charge in [-0.3, -0.25) is 14.5 Å². The van der Waals surface area contributed by atoms with Crippen LogP contribution in [0.15, 0.2) is 103 Å². The molecule has 4 aromatic carbocycles. The van der Waals surface area contributed by atoms with Gasteiger partial charge >= 0.3 is 0 Å². The number of nitrogens with zero attached hydrogens (tertiary/aromatic N) is 1. The molecule has 1 aliphatic rings. The highest BCUT2D eigenvalue weighted by Crippen LogP contribution is 2.22. The van der Waals surface area contributed by atoms with Gasteiger partial charge in [-0.25, -0.2) is 4.39 Å². The van der Waals surface area contributed by atoms with E-state index in [1.165, 1.54) is 48.3 Å². The largest absolute Gasteiger partial charge is 0.457 e. The van der Waals surface area contributed by atoms with Gasteiger partial charge in [-0.15, -0.1) is 0 Å². The first-order valence-corrected chi connectivity index (χ1v) is 14.6. The number of hydrogen-bond acceptors (Lipinski definition) is 4. The number of halogens is 1. The molecule has 0 spiro atoms. The van der Waals surface area contributed by atoms with Crippen LogP contribution in [0.4, 0.5) is 4.39 Å². The number of aryl methyl sites for hydroxylation is 2. The van der Waals surface area contributed by atoms with E-state index in [-0.39, 0.29) is 12.2 Å². The minimum atomic E-state index is -0.276. The number of likely N-dealkylation sites (N-methyl/N-ethyl adjacent to an activating group) is 1. The number of carbonyl (C=O) groups excluding carboxylic acids is 2. The molecule has 0 saturated heterocycles. The lowest BCUT2D eigenvalue weighted by atomic mass is 10.0. The lowest BCUT2D eigenvalue weighted by Gasteiger charge is -2.27. The zero-order valence-corrected chi connectivity index (χ0v) is 25.3. The van der Waals surface area contributed by atoms with Crippen molar-refractivity contribution in [2.24, 2.45) is 5.73 Å². The third kappa shape index (κ3) is 14.8. The van der Waals surface area contributed by atoms with E-state index < -0.39 is 0 Å². The average molecular weight is 586 g/mol. The minimum Gasteiger partial charge on any atom is -0.457 e. The van der Waals surface area contributed by atoms with E-state index in [9.17, 15) is 9.18 Å². The molecule has 4 aromatic rings. The van der Waals surface area contributed by atoms with Gasteiger partial charge in [-0.2, -0.15) is 0 Å². The highest BCUT2D eigenvalue weighted by atomic mass is 19.1. The molecule has 6 nitrogen and oxygen atoms in total. The zero-order valence-electron chi connectivity index (χ0n) is 25.3. The zero-order chi connectivity index (χ0) is 31.1. The molecule has 2 amide bonds. The van der Waals surface area contributed by atoms with E-state index in [1.54, 1.807) is 17.7 Å². The van der Waals surface area contributed by atoms with E-state index in [2.05, 4.69) is 66.2 Å². The topological polar surface area (TPSA) is 84.7 Å². The number of benzene rings is 4. The fourth-order valence-electron chi connectivity index (χ4n) is 4.34. The molecule has 0 aromatic heterocycles. The summed E-state index contributed by atoms with van der Waals surface area (Å²) in [4.78, 5) is 21.2. The van der Waals surface area contributed by atoms with Crippen molar-refractivity contribution in [1.82, 2.24) is 10.2 Å². The number of amides is 2. The number of primary amides is 1. The second-order valence-corrected chi connectivity index (χ2v) is 9.91. The number of unbranched alkanes of at least 4 members (excludes halogenated alkanes) is 1. The van der Waals surface area contributed by atoms with Crippen molar-refractivity contribution in [3.8, 4) is 11.5 Å². The number of carbonyl (C=O) groups is 2. The van der Waals surface area contributed by atoms with Crippen LogP contribution in [-0.4, -0.2) is 37.4 Å². The number of nitrogens with two attached hydrogens (primary N) is 1. The van der Waals surface area contributed by atoms with E-state index in [0.717, 1.165) is 44.5 Å². The van der Waals surface area contributed by atoms with E-state index in [0.29, 0.717) is 5.75 Å². The number of ether oxygens (including phenoxy) is 1. The number of rotatable bonds is 9. The highest BCUT2D eigenvalue weighted by molar-refractivity contribution is 5.45. The van der Waals surface area contributed by atoms with Crippen LogP contribution in [0.3, 0.4) is 0 Å². The molecule has 43 heavy (non-hydrogen) atoms. The molecule has 0 saturated carbocycles. The standard InChI is InChI=1S/C17H18FNO2.C11H15N.C7H8.CH3NO/c18-15-6-10-17(11-7-15)21-16-8-4-14(5-9-16)3-1-2-12-19-13-20;1-2-12-8-7-10-5-3-4-6-11(10)9-12;1-7-5-3-2-4-6-7;2-1-3/h4-11,13H,1-3,12H2,(H,19,20);3-6H,2,7-9H2,1H3;2-6H,1H3;1H,(H2,2,3). The molecule has 1 aliphatic heterocycles. The first kappa shape index (κ1) is 34.7. The predicted molar refractivity (Wildman–Crippen MR) is 172 cm³/mol. The molecule has 7 heteroatoms. The molecule has 3 N–H and O–H groups in total. The Bertz CT molecular complexity index is 1300. The Kier molecular flexibility index (Phi) is 17.2. The van der Waals surface area contributed by atoms with E-state index >= 15 is 0 Å². The maximum Gasteiger partial charge on any atom is 0.207 e. The molecule has 228 valence electrons. The quantitative estimate of drug-likeness (QED) is 0.166. The lowest BCUT2D eigenvalue weighted by molar-refractivity contribution is -0.109. The monoisotopic (exact) mass is 585 g/mol. The molecular weight excluding hydrogens is 541 g/mol. The Morgan fingerprint density at radius 1 is 0.837 bits per heavy atom. The van der Waals surface area contributed by atoms with Gasteiger partial charge < -0.3 is 15.8 Å². The highest BCUT2D eigenvalue weighted by Gasteiger charge is 2.13. The van der Waals surface area contributed by atoms with Crippen molar-refractivity contribution in [3.05, 3.63) is 131 Å². The molecule has 5 rings (SSSR count). The smallest absolute Gasteiger partial charge is 0.207 e. The summed E-state index contributed by atoms with van der Waals surface area (Å²) in [5, 5.41) is 2.65. The van der Waals surface area contributed by atoms with Crippen LogP contribution in [0.1, 0.15) is 42.0 Å². The summed E-state index contributed by atoms with van der Waals surface area (Å²) in [5.41, 5.74) is 9.78. The lowest BCUT2D eigenvalue weighted by Crippen LogP contribution is -2.29. The van der Waals surface area contributed by atoms with Crippen LogP contribution in [0.5, 0.6) is 11.5 Å². The summed E-state index contributed by atoms with van der Waals surface area (Å²) in [5.74, 6) is 1.07. The second kappa shape index (κ2) is 21.2. The van der Waals surface area contributed by atoms with Crippen molar-refractivity contribution >= 4 is 12.8 Å². The summed E-state index contributed by atoms with van der Waals surface area (Å²) >= 11 is 0. The van der Waals surface area contributed by atoms with Crippen LogP contribution in [0.2, 0.25) is 0 Å². The average Bonchev–Trinajstić information content (AvgIpc) is 3.04. The van der Waals surface area contributed by atoms with Gasteiger partial charge in [0.25, 0.3) is 0 Å². The Labute approximate surface area is 255 Å². The number of fused-ring (bicyclic) bond motifs is 1. The maximum absolute atomic E-state index is 12.8. The van der Waals surface area contributed by atoms with Gasteiger partial charge in [-0.05, 0) is 92.2 Å². The van der Waals surface area contributed by atoms with Crippen LogP contribution in [0.25, 0.3) is 0 Å². The number of hydrogen-bond donors (Lipinski definition) is 2. The van der Waals surface area contributed by atoms with Crippen molar-refractivity contribution in [2.75, 3.05) is 19.6 Å². The van der Waals surface area contributed by atoms with Crippen LogP contribution in [-0.2, 0) is 29.0 Å². The van der Waals surface area contributed by atoms with Crippen LogP contribution in [0, 0.1) is 12.7 Å². The van der Waals surface area contributed by atoms with Gasteiger partial charge in [0.2, 0.25) is 12.8 Å². The molecule has 0 atom stereocenters. The first-order valence-electron chi connectivity index (χ1n) is 14.6. The van der Waals surface area contributed by atoms with Gasteiger partial charge in [0.15, 0.2) is 0 Å². The van der Waals surface area contributed by atoms with E-state index in [4.69, 9.17) is 9.53 Å². The van der Waals surface area contributed by atoms with Crippen molar-refractivity contribution in [2.45, 2.75) is 46.1 Å². The minimum absolute atomic E-state index is 0.250. The summed E-state index contributed by atoms with van der Waals surface area (Å²) in [6, 6.07) is 32.8. The fourth-order valence-corrected chi connectivity index (χ4v) is 4.34. The molecule has 1 heterocycles. The summed E-state index contributed by atoms with van der Waals surface area (Å²) in [6.07, 6.45) is 5.16. The molecule has 0 fully saturated rings. The van der Waals surface area contributed by atoms with Crippen LogP contribution < -0.4 is 15.8 Å². The van der Waals surface area contributed by atoms with Gasteiger partial charge in [0.1, 0.15) is 17.3 Å². The Morgan fingerprint density at radius 2 is 1.42 bits per heavy atom. The summed E-state index contributed by atoms with van der Waals surface area (Å²) < 4.78 is 18.4. The van der Waals surface area contributed by atoms with Crippen molar-refractivity contribution in [3.63, 3.8) is 0 Å². The summed E-state index contributed by atoms with van der Waals surface area (Å²) in [7, 11) is 0. The maximum atomic E-state index is 12.8. The number of nitrogens with one attached hydrogen (secondary N) is 1. The van der Waals surface area contributed by atoms with Gasteiger partial charge in [-0.1, -0.05) is 79.2 Å². The van der Waals surface area contributed by atoms with Crippen molar-refractivity contribution in [1.29, 1.82) is 0 Å². The van der Waals surface area contributed by atoms with Gasteiger partial charge in [0, 0.05) is 19.6 Å². The predicted octanol–water partition coefficient (Wildman–Crippen LogP) is 6.85. The first-order chi connectivity index (χ1) is 21.0. The Morgan fingerprint density at radius 3 is 1.98 bits per heavy atom.